The van der Waals surface area contributed by atoms with Crippen LogP contribution in [0.4, 0.5) is 0 Å². The molecule has 0 aromatic heterocycles. The number of amides is 1. The van der Waals surface area contributed by atoms with Crippen LogP contribution < -0.4 is 5.32 Å². The van der Waals surface area contributed by atoms with Gasteiger partial charge in [0.15, 0.2) is 5.54 Å². The van der Waals surface area contributed by atoms with Gasteiger partial charge in [0, 0.05) is 24.0 Å². The quantitative estimate of drug-likeness (QED) is 0.353. The lowest BCUT2D eigenvalue weighted by Gasteiger charge is -2.31. The third-order valence-corrected chi connectivity index (χ3v) is 6.47. The number of carboxylic acid groups (broad SMARTS) is 1. The standard InChI is InChI=1S/C28H33NO5/c1-4-5-13-24(30)29-28(26(33)21-11-7-8-12-22(21)27(28)34)23-16-15-19(18(2)3)17-20(23)10-6-9-14-25(31)32/h7-8,11-12,15-18H,4-6,9-10,13-14H2,1-3H3,(H,29,30)(H,31,32). The molecule has 1 amide bonds. The molecule has 3 rings (SSSR count). The maximum atomic E-state index is 13.8. The number of carboxylic acids is 1. The Kier molecular flexibility index (Phi) is 8.02. The predicted octanol–water partition coefficient (Wildman–Crippen LogP) is 5.19. The largest absolute Gasteiger partial charge is 0.481 e. The van der Waals surface area contributed by atoms with Crippen LogP contribution >= 0.6 is 0 Å². The summed E-state index contributed by atoms with van der Waals surface area (Å²) in [6.07, 6.45) is 3.35. The predicted molar refractivity (Wildman–Crippen MR) is 130 cm³/mol. The molecule has 0 unspecified atom stereocenters. The number of hydrogen-bond donors (Lipinski definition) is 2. The number of aliphatic carboxylic acids is 1. The highest BCUT2D eigenvalue weighted by atomic mass is 16.4. The van der Waals surface area contributed by atoms with E-state index in [-0.39, 0.29) is 24.7 Å². The van der Waals surface area contributed by atoms with Gasteiger partial charge in [-0.15, -0.1) is 0 Å². The molecule has 34 heavy (non-hydrogen) atoms. The Balaban J connectivity index is 2.12. The van der Waals surface area contributed by atoms with Crippen LogP contribution in [-0.4, -0.2) is 28.5 Å². The van der Waals surface area contributed by atoms with Crippen LogP contribution in [0.2, 0.25) is 0 Å². The molecular weight excluding hydrogens is 430 g/mol. The lowest BCUT2D eigenvalue weighted by molar-refractivity contribution is -0.137. The van der Waals surface area contributed by atoms with Gasteiger partial charge >= 0.3 is 5.97 Å². The second-order valence-electron chi connectivity index (χ2n) is 9.28. The Morgan fingerprint density at radius 2 is 1.59 bits per heavy atom. The number of unbranched alkanes of at least 4 members (excludes halogenated alkanes) is 2. The average molecular weight is 464 g/mol. The summed E-state index contributed by atoms with van der Waals surface area (Å²) in [5, 5.41) is 11.9. The number of Topliss-reactive ketones (excluding diaryl/α,β-unsaturated/α-hetero) is 2. The molecular formula is C28H33NO5. The average Bonchev–Trinajstić information content (AvgIpc) is 3.02. The van der Waals surface area contributed by atoms with Crippen molar-refractivity contribution >= 4 is 23.4 Å². The lowest BCUT2D eigenvalue weighted by Crippen LogP contribution is -2.54. The summed E-state index contributed by atoms with van der Waals surface area (Å²) in [5.41, 5.74) is 1.16. The monoisotopic (exact) mass is 463 g/mol. The van der Waals surface area contributed by atoms with E-state index in [9.17, 15) is 19.2 Å². The molecule has 1 aliphatic rings. The van der Waals surface area contributed by atoms with E-state index in [1.165, 1.54) is 0 Å². The van der Waals surface area contributed by atoms with Crippen molar-refractivity contribution in [3.8, 4) is 0 Å². The maximum absolute atomic E-state index is 13.8. The van der Waals surface area contributed by atoms with E-state index in [1.54, 1.807) is 30.3 Å². The minimum Gasteiger partial charge on any atom is -0.481 e. The zero-order chi connectivity index (χ0) is 24.9. The topological polar surface area (TPSA) is 101 Å². The highest BCUT2D eigenvalue weighted by molar-refractivity contribution is 6.33. The normalized spacial score (nSPS) is 14.4. The van der Waals surface area contributed by atoms with Crippen LogP contribution in [0.15, 0.2) is 42.5 Å². The number of carbonyl (C=O) groups is 4. The van der Waals surface area contributed by atoms with Crippen molar-refractivity contribution in [3.05, 3.63) is 70.3 Å². The van der Waals surface area contributed by atoms with Gasteiger partial charge < -0.3 is 10.4 Å². The molecule has 0 heterocycles. The van der Waals surface area contributed by atoms with E-state index in [1.807, 2.05) is 19.1 Å². The number of aryl methyl sites for hydroxylation is 1. The molecule has 0 radical (unpaired) electrons. The van der Waals surface area contributed by atoms with E-state index in [0.29, 0.717) is 42.4 Å². The van der Waals surface area contributed by atoms with Crippen molar-refractivity contribution in [2.24, 2.45) is 0 Å². The molecule has 0 fully saturated rings. The van der Waals surface area contributed by atoms with Gasteiger partial charge in [0.2, 0.25) is 17.5 Å². The van der Waals surface area contributed by atoms with Gasteiger partial charge in [-0.2, -0.15) is 0 Å². The highest BCUT2D eigenvalue weighted by Gasteiger charge is 2.56. The summed E-state index contributed by atoms with van der Waals surface area (Å²) >= 11 is 0. The molecule has 0 saturated heterocycles. The summed E-state index contributed by atoms with van der Waals surface area (Å²) in [6.45, 7) is 6.10. The van der Waals surface area contributed by atoms with Crippen LogP contribution in [0.3, 0.4) is 0 Å². The van der Waals surface area contributed by atoms with Gasteiger partial charge in [-0.05, 0) is 48.3 Å². The van der Waals surface area contributed by atoms with E-state index < -0.39 is 23.1 Å². The third-order valence-electron chi connectivity index (χ3n) is 6.47. The first-order valence-corrected chi connectivity index (χ1v) is 12.1. The van der Waals surface area contributed by atoms with Crippen LogP contribution in [0.25, 0.3) is 0 Å². The van der Waals surface area contributed by atoms with Gasteiger partial charge in [-0.1, -0.05) is 69.7 Å². The second kappa shape index (κ2) is 10.8. The van der Waals surface area contributed by atoms with Crippen LogP contribution in [0, 0.1) is 0 Å². The zero-order valence-corrected chi connectivity index (χ0v) is 20.1. The highest BCUT2D eigenvalue weighted by Crippen LogP contribution is 2.40. The molecule has 1 aliphatic carbocycles. The molecule has 2 aromatic rings. The van der Waals surface area contributed by atoms with Crippen LogP contribution in [0.1, 0.15) is 103 Å². The van der Waals surface area contributed by atoms with Gasteiger partial charge in [0.25, 0.3) is 0 Å². The van der Waals surface area contributed by atoms with E-state index in [2.05, 4.69) is 19.2 Å². The Labute approximate surface area is 200 Å². The number of rotatable bonds is 11. The Hall–Kier alpha value is -3.28. The molecule has 2 N–H and O–H groups in total. The zero-order valence-electron chi connectivity index (χ0n) is 20.1. The molecule has 180 valence electrons. The van der Waals surface area contributed by atoms with E-state index in [4.69, 9.17) is 5.11 Å². The van der Waals surface area contributed by atoms with Crippen molar-refractivity contribution in [1.82, 2.24) is 5.32 Å². The number of fused-ring (bicyclic) bond motifs is 1. The molecule has 0 aliphatic heterocycles. The smallest absolute Gasteiger partial charge is 0.303 e. The van der Waals surface area contributed by atoms with Crippen molar-refractivity contribution in [2.75, 3.05) is 0 Å². The minimum atomic E-state index is -1.80. The number of nitrogens with one attached hydrogen (secondary N) is 1. The van der Waals surface area contributed by atoms with Crippen molar-refractivity contribution < 1.29 is 24.3 Å². The summed E-state index contributed by atoms with van der Waals surface area (Å²) in [7, 11) is 0. The fraction of sp³-hybridized carbons (Fsp3) is 0.429. The molecule has 0 atom stereocenters. The summed E-state index contributed by atoms with van der Waals surface area (Å²) in [4.78, 5) is 51.5. The van der Waals surface area contributed by atoms with Gasteiger partial charge in [-0.3, -0.25) is 19.2 Å². The summed E-state index contributed by atoms with van der Waals surface area (Å²) < 4.78 is 0. The molecule has 0 bridgehead atoms. The first-order chi connectivity index (χ1) is 16.2. The minimum absolute atomic E-state index is 0.0569. The van der Waals surface area contributed by atoms with E-state index in [0.717, 1.165) is 17.5 Å². The summed E-state index contributed by atoms with van der Waals surface area (Å²) in [5.74, 6) is -1.79. The van der Waals surface area contributed by atoms with Crippen LogP contribution in [-0.2, 0) is 21.5 Å². The summed E-state index contributed by atoms with van der Waals surface area (Å²) in [6, 6.07) is 12.4. The Morgan fingerprint density at radius 3 is 2.15 bits per heavy atom. The molecule has 6 nitrogen and oxygen atoms in total. The third kappa shape index (κ3) is 4.96. The number of ketones is 2. The van der Waals surface area contributed by atoms with Crippen molar-refractivity contribution in [3.63, 3.8) is 0 Å². The fourth-order valence-corrected chi connectivity index (χ4v) is 4.56. The van der Waals surface area contributed by atoms with Crippen LogP contribution in [0.5, 0.6) is 0 Å². The molecule has 6 heteroatoms. The van der Waals surface area contributed by atoms with Gasteiger partial charge in [0.05, 0.1) is 0 Å². The SMILES string of the molecule is CCCCC(=O)NC1(c2ccc(C(C)C)cc2CCCCC(=O)O)C(=O)c2ccccc2C1=O. The second-order valence-corrected chi connectivity index (χ2v) is 9.28. The fourth-order valence-electron chi connectivity index (χ4n) is 4.56. The number of hydrogen-bond acceptors (Lipinski definition) is 4. The Bertz CT molecular complexity index is 1070. The van der Waals surface area contributed by atoms with E-state index >= 15 is 0 Å². The molecule has 2 aromatic carbocycles. The molecule has 0 saturated carbocycles. The first kappa shape index (κ1) is 25.3. The number of carbonyl (C=O) groups excluding carboxylic acids is 3. The van der Waals surface area contributed by atoms with Crippen molar-refractivity contribution in [2.45, 2.75) is 77.2 Å². The maximum Gasteiger partial charge on any atom is 0.303 e. The number of benzene rings is 2. The Morgan fingerprint density at radius 1 is 0.941 bits per heavy atom. The first-order valence-electron chi connectivity index (χ1n) is 12.1. The van der Waals surface area contributed by atoms with Gasteiger partial charge in [0.1, 0.15) is 0 Å². The lowest BCUT2D eigenvalue weighted by atomic mass is 9.79. The molecule has 0 spiro atoms. The van der Waals surface area contributed by atoms with Crippen molar-refractivity contribution in [1.29, 1.82) is 0 Å². The van der Waals surface area contributed by atoms with Gasteiger partial charge in [-0.25, -0.2) is 0 Å².